The van der Waals surface area contributed by atoms with Crippen molar-refractivity contribution in [3.63, 3.8) is 0 Å². The molecule has 0 saturated carbocycles. The molecule has 1 amide bonds. The van der Waals surface area contributed by atoms with Gasteiger partial charge in [0.15, 0.2) is 5.69 Å². The number of carbonyl (C=O) groups excluding carboxylic acids is 1. The molecule has 6 heteroatoms. The van der Waals surface area contributed by atoms with Gasteiger partial charge in [-0.15, -0.1) is 10.2 Å². The molecule has 0 radical (unpaired) electrons. The summed E-state index contributed by atoms with van der Waals surface area (Å²) in [5, 5.41) is 19.6. The molecule has 0 spiro atoms. The van der Waals surface area contributed by atoms with Crippen LogP contribution in [0.2, 0.25) is 0 Å². The lowest BCUT2D eigenvalue weighted by molar-refractivity contribution is 0.0712. The summed E-state index contributed by atoms with van der Waals surface area (Å²) in [6.07, 6.45) is 1.91. The maximum atomic E-state index is 12.1. The van der Waals surface area contributed by atoms with Crippen LogP contribution in [0.3, 0.4) is 0 Å². The van der Waals surface area contributed by atoms with Crippen LogP contribution in [0.4, 0.5) is 5.82 Å². The number of hydrogen-bond donors (Lipinski definition) is 2. The lowest BCUT2D eigenvalue weighted by Gasteiger charge is -2.20. The van der Waals surface area contributed by atoms with Crippen molar-refractivity contribution < 1.29 is 9.90 Å². The molecule has 0 atom stereocenters. The first kappa shape index (κ1) is 14.4. The molecule has 0 saturated heterocycles. The van der Waals surface area contributed by atoms with Gasteiger partial charge in [-0.2, -0.15) is 0 Å². The van der Waals surface area contributed by atoms with Crippen molar-refractivity contribution in [3.05, 3.63) is 17.8 Å². The van der Waals surface area contributed by atoms with E-state index in [9.17, 15) is 4.79 Å². The van der Waals surface area contributed by atoms with Gasteiger partial charge in [0.2, 0.25) is 0 Å². The summed E-state index contributed by atoms with van der Waals surface area (Å²) < 4.78 is 0. The minimum absolute atomic E-state index is 0.0442. The van der Waals surface area contributed by atoms with Crippen molar-refractivity contribution in [2.24, 2.45) is 0 Å². The predicted octanol–water partition coefficient (Wildman–Crippen LogP) is 0.753. The third-order valence-corrected chi connectivity index (χ3v) is 2.58. The molecule has 1 rings (SSSR count). The second-order valence-electron chi connectivity index (χ2n) is 3.92. The van der Waals surface area contributed by atoms with Crippen molar-refractivity contribution in [1.29, 1.82) is 0 Å². The summed E-state index contributed by atoms with van der Waals surface area (Å²) in [5.74, 6) is 0.432. The second-order valence-corrected chi connectivity index (χ2v) is 3.92. The van der Waals surface area contributed by atoms with E-state index in [1.807, 2.05) is 0 Å². The molecule has 2 N–H and O–H groups in total. The molecule has 6 nitrogen and oxygen atoms in total. The van der Waals surface area contributed by atoms with Gasteiger partial charge in [-0.1, -0.05) is 13.3 Å². The fraction of sp³-hybridized carbons (Fsp3) is 0.583. The van der Waals surface area contributed by atoms with E-state index in [0.717, 1.165) is 12.8 Å². The van der Waals surface area contributed by atoms with Crippen LogP contribution in [0.5, 0.6) is 0 Å². The van der Waals surface area contributed by atoms with Crippen molar-refractivity contribution in [3.8, 4) is 0 Å². The highest BCUT2D eigenvalue weighted by Crippen LogP contribution is 2.05. The summed E-state index contributed by atoms with van der Waals surface area (Å²) >= 11 is 0. The predicted molar refractivity (Wildman–Crippen MR) is 69.5 cm³/mol. The number of aromatic nitrogens is 2. The highest BCUT2D eigenvalue weighted by molar-refractivity contribution is 5.92. The van der Waals surface area contributed by atoms with E-state index < -0.39 is 0 Å². The zero-order valence-corrected chi connectivity index (χ0v) is 10.9. The summed E-state index contributed by atoms with van der Waals surface area (Å²) in [6, 6.07) is 3.34. The van der Waals surface area contributed by atoms with E-state index in [4.69, 9.17) is 5.11 Å². The Balaban J connectivity index is 2.73. The van der Waals surface area contributed by atoms with E-state index in [-0.39, 0.29) is 12.5 Å². The summed E-state index contributed by atoms with van der Waals surface area (Å²) in [4.78, 5) is 13.7. The van der Waals surface area contributed by atoms with Crippen LogP contribution in [0.25, 0.3) is 0 Å². The summed E-state index contributed by atoms with van der Waals surface area (Å²) in [6.45, 7) is 2.97. The summed E-state index contributed by atoms with van der Waals surface area (Å²) in [7, 11) is 1.74. The van der Waals surface area contributed by atoms with E-state index in [1.165, 1.54) is 0 Å². The first-order valence-electron chi connectivity index (χ1n) is 6.14. The standard InChI is InChI=1S/C12H20N4O2/c1-3-4-7-16(8-9-17)12(18)10-5-6-11(13-2)15-14-10/h5-6,17H,3-4,7-9H2,1-2H3,(H,13,15). The van der Waals surface area contributed by atoms with Gasteiger partial charge in [0, 0.05) is 20.1 Å². The first-order valence-corrected chi connectivity index (χ1v) is 6.14. The number of amides is 1. The fourth-order valence-electron chi connectivity index (χ4n) is 1.53. The maximum Gasteiger partial charge on any atom is 0.274 e. The Morgan fingerprint density at radius 2 is 2.17 bits per heavy atom. The molecular weight excluding hydrogens is 232 g/mol. The fourth-order valence-corrected chi connectivity index (χ4v) is 1.53. The molecule has 1 aromatic heterocycles. The molecule has 0 aliphatic heterocycles. The monoisotopic (exact) mass is 252 g/mol. The highest BCUT2D eigenvalue weighted by Gasteiger charge is 2.16. The smallest absolute Gasteiger partial charge is 0.274 e. The third kappa shape index (κ3) is 3.96. The van der Waals surface area contributed by atoms with Crippen LogP contribution in [0.1, 0.15) is 30.3 Å². The molecule has 18 heavy (non-hydrogen) atoms. The van der Waals surface area contributed by atoms with Crippen LogP contribution < -0.4 is 5.32 Å². The van der Waals surface area contributed by atoms with Gasteiger partial charge >= 0.3 is 0 Å². The zero-order chi connectivity index (χ0) is 13.4. The molecule has 1 heterocycles. The van der Waals surface area contributed by atoms with Gasteiger partial charge in [-0.25, -0.2) is 0 Å². The topological polar surface area (TPSA) is 78.4 Å². The Morgan fingerprint density at radius 1 is 1.39 bits per heavy atom. The van der Waals surface area contributed by atoms with Gasteiger partial charge in [0.05, 0.1) is 6.61 Å². The Kier molecular flexibility index (Phi) is 6.07. The van der Waals surface area contributed by atoms with Crippen LogP contribution in [-0.2, 0) is 0 Å². The lowest BCUT2D eigenvalue weighted by atomic mass is 10.2. The molecule has 0 bridgehead atoms. The number of unbranched alkanes of at least 4 members (excludes halogenated alkanes) is 1. The zero-order valence-electron chi connectivity index (χ0n) is 10.9. The number of hydrogen-bond acceptors (Lipinski definition) is 5. The minimum atomic E-state index is -0.187. The number of aliphatic hydroxyl groups is 1. The molecule has 0 aliphatic carbocycles. The Bertz CT molecular complexity index is 367. The van der Waals surface area contributed by atoms with Gasteiger partial charge in [-0.3, -0.25) is 4.79 Å². The van der Waals surface area contributed by atoms with Crippen LogP contribution in [0, 0.1) is 0 Å². The lowest BCUT2D eigenvalue weighted by Crippen LogP contribution is -2.35. The summed E-state index contributed by atoms with van der Waals surface area (Å²) in [5.41, 5.74) is 0.304. The van der Waals surface area contributed by atoms with Crippen molar-refractivity contribution in [2.45, 2.75) is 19.8 Å². The second kappa shape index (κ2) is 7.60. The van der Waals surface area contributed by atoms with Gasteiger partial charge in [0.1, 0.15) is 5.82 Å². The number of nitrogens with zero attached hydrogens (tertiary/aromatic N) is 3. The molecule has 100 valence electrons. The number of anilines is 1. The SMILES string of the molecule is CCCCN(CCO)C(=O)c1ccc(NC)nn1. The van der Waals surface area contributed by atoms with E-state index in [1.54, 1.807) is 24.1 Å². The third-order valence-electron chi connectivity index (χ3n) is 2.58. The van der Waals surface area contributed by atoms with Crippen molar-refractivity contribution >= 4 is 11.7 Å². The van der Waals surface area contributed by atoms with Crippen LogP contribution in [0.15, 0.2) is 12.1 Å². The largest absolute Gasteiger partial charge is 0.395 e. The van der Waals surface area contributed by atoms with Crippen molar-refractivity contribution in [2.75, 3.05) is 32.1 Å². The molecule has 0 fully saturated rings. The molecule has 0 aromatic carbocycles. The Hall–Kier alpha value is -1.69. The normalized spacial score (nSPS) is 10.2. The van der Waals surface area contributed by atoms with E-state index >= 15 is 0 Å². The quantitative estimate of drug-likeness (QED) is 0.749. The maximum absolute atomic E-state index is 12.1. The highest BCUT2D eigenvalue weighted by atomic mass is 16.3. The molecular formula is C12H20N4O2. The molecule has 1 aromatic rings. The van der Waals surface area contributed by atoms with Crippen molar-refractivity contribution in [1.82, 2.24) is 15.1 Å². The molecule has 0 aliphatic rings. The molecule has 0 unspecified atom stereocenters. The Labute approximate surface area is 107 Å². The number of carbonyl (C=O) groups is 1. The number of rotatable bonds is 7. The van der Waals surface area contributed by atoms with Crippen LogP contribution in [-0.4, -0.2) is 52.9 Å². The average Bonchev–Trinajstić information content (AvgIpc) is 2.43. The Morgan fingerprint density at radius 3 is 2.67 bits per heavy atom. The van der Waals surface area contributed by atoms with E-state index in [0.29, 0.717) is 24.6 Å². The van der Waals surface area contributed by atoms with Gasteiger partial charge in [0.25, 0.3) is 5.91 Å². The number of nitrogens with one attached hydrogen (secondary N) is 1. The first-order chi connectivity index (χ1) is 8.72. The van der Waals surface area contributed by atoms with E-state index in [2.05, 4.69) is 22.4 Å². The number of aliphatic hydroxyl groups excluding tert-OH is 1. The van der Waals surface area contributed by atoms with Gasteiger partial charge < -0.3 is 15.3 Å². The average molecular weight is 252 g/mol. The van der Waals surface area contributed by atoms with Crippen LogP contribution >= 0.6 is 0 Å². The minimum Gasteiger partial charge on any atom is -0.395 e. The van der Waals surface area contributed by atoms with Gasteiger partial charge in [-0.05, 0) is 18.6 Å².